The Kier molecular flexibility index (Phi) is 7.37. The number of alkyl carbamates (subject to hydrolysis) is 1. The van der Waals surface area contributed by atoms with Gasteiger partial charge < -0.3 is 20.7 Å². The van der Waals surface area contributed by atoms with E-state index < -0.39 is 29.8 Å². The van der Waals surface area contributed by atoms with E-state index in [2.05, 4.69) is 16.0 Å². The van der Waals surface area contributed by atoms with E-state index in [9.17, 15) is 18.8 Å². The molecule has 3 amide bonds. The lowest BCUT2D eigenvalue weighted by Crippen LogP contribution is -2.46. The van der Waals surface area contributed by atoms with Crippen molar-refractivity contribution in [2.75, 3.05) is 5.32 Å². The normalized spacial score (nSPS) is 19.2. The van der Waals surface area contributed by atoms with Gasteiger partial charge in [-0.3, -0.25) is 9.59 Å². The average molecular weight is 425 g/mol. The molecule has 0 saturated carbocycles. The minimum absolute atomic E-state index is 0.0124. The molecule has 3 rings (SSSR count). The number of anilines is 1. The van der Waals surface area contributed by atoms with Crippen molar-refractivity contribution in [2.24, 2.45) is 5.92 Å². The first-order valence-corrected chi connectivity index (χ1v) is 9.93. The molecule has 31 heavy (non-hydrogen) atoms. The number of halogens is 1. The van der Waals surface area contributed by atoms with Crippen molar-refractivity contribution in [3.63, 3.8) is 0 Å². The van der Waals surface area contributed by atoms with Crippen LogP contribution in [0.5, 0.6) is 0 Å². The van der Waals surface area contributed by atoms with E-state index >= 15 is 0 Å². The summed E-state index contributed by atoms with van der Waals surface area (Å²) in [6, 6.07) is 12.2. The second-order valence-corrected chi connectivity index (χ2v) is 7.22. The highest BCUT2D eigenvalue weighted by Gasteiger charge is 2.22. The van der Waals surface area contributed by atoms with E-state index in [4.69, 9.17) is 4.74 Å². The number of carbonyl (C=O) groups excluding carboxylic acids is 3. The summed E-state index contributed by atoms with van der Waals surface area (Å²) in [5, 5.41) is 7.98. The third-order valence-corrected chi connectivity index (χ3v) is 4.81. The van der Waals surface area contributed by atoms with Crippen molar-refractivity contribution in [2.45, 2.75) is 32.5 Å². The molecule has 3 N–H and O–H groups in total. The molecule has 2 aromatic rings. The van der Waals surface area contributed by atoms with Crippen molar-refractivity contribution in [1.82, 2.24) is 10.6 Å². The maximum atomic E-state index is 13.7. The van der Waals surface area contributed by atoms with Crippen molar-refractivity contribution in [3.8, 4) is 0 Å². The Morgan fingerprint density at radius 2 is 1.94 bits per heavy atom. The second-order valence-electron chi connectivity index (χ2n) is 7.22. The lowest BCUT2D eigenvalue weighted by molar-refractivity contribution is -0.123. The molecule has 2 atom stereocenters. The van der Waals surface area contributed by atoms with Crippen LogP contribution in [0.3, 0.4) is 0 Å². The minimum Gasteiger partial charge on any atom is -0.445 e. The van der Waals surface area contributed by atoms with Crippen LogP contribution in [0.1, 0.15) is 24.5 Å². The summed E-state index contributed by atoms with van der Waals surface area (Å²) in [6.45, 7) is 1.76. The van der Waals surface area contributed by atoms with Crippen molar-refractivity contribution in [1.29, 1.82) is 0 Å². The number of rotatable bonds is 3. The van der Waals surface area contributed by atoms with E-state index in [0.717, 1.165) is 5.56 Å². The van der Waals surface area contributed by atoms with Gasteiger partial charge in [-0.05, 0) is 35.7 Å². The second kappa shape index (κ2) is 10.4. The first kappa shape index (κ1) is 22.0. The van der Waals surface area contributed by atoms with Crippen molar-refractivity contribution < 1.29 is 23.5 Å². The van der Waals surface area contributed by atoms with Crippen molar-refractivity contribution >= 4 is 23.6 Å². The number of hydrogen-bond acceptors (Lipinski definition) is 4. The quantitative estimate of drug-likeness (QED) is 0.658. The van der Waals surface area contributed by atoms with Crippen LogP contribution in [-0.4, -0.2) is 23.9 Å². The number of benzene rings is 2. The van der Waals surface area contributed by atoms with E-state index in [1.807, 2.05) is 30.3 Å². The lowest BCUT2D eigenvalue weighted by atomic mass is 10.1. The van der Waals surface area contributed by atoms with Gasteiger partial charge in [0.2, 0.25) is 11.8 Å². The molecule has 0 saturated heterocycles. The summed E-state index contributed by atoms with van der Waals surface area (Å²) < 4.78 is 18.9. The summed E-state index contributed by atoms with van der Waals surface area (Å²) in [6.07, 6.45) is 2.75. The Morgan fingerprint density at radius 3 is 2.71 bits per heavy atom. The molecule has 0 fully saturated rings. The van der Waals surface area contributed by atoms with Gasteiger partial charge in [-0.15, -0.1) is 0 Å². The molecule has 1 heterocycles. The third-order valence-electron chi connectivity index (χ3n) is 4.81. The predicted octanol–water partition coefficient (Wildman–Crippen LogP) is 3.27. The number of ether oxygens (including phenoxy) is 1. The molecule has 0 radical (unpaired) electrons. The summed E-state index contributed by atoms with van der Waals surface area (Å²) in [7, 11) is 0. The van der Waals surface area contributed by atoms with E-state index in [-0.39, 0.29) is 25.5 Å². The molecule has 0 unspecified atom stereocenters. The Balaban J connectivity index is 1.71. The van der Waals surface area contributed by atoms with E-state index in [0.29, 0.717) is 11.3 Å². The van der Waals surface area contributed by atoms with Gasteiger partial charge in [0, 0.05) is 12.2 Å². The van der Waals surface area contributed by atoms with Gasteiger partial charge in [0.15, 0.2) is 0 Å². The number of carbonyl (C=O) groups is 3. The van der Waals surface area contributed by atoms with Crippen LogP contribution in [0.15, 0.2) is 60.7 Å². The zero-order chi connectivity index (χ0) is 22.2. The van der Waals surface area contributed by atoms with Crippen LogP contribution in [0.2, 0.25) is 0 Å². The summed E-state index contributed by atoms with van der Waals surface area (Å²) in [5.74, 6) is -1.67. The number of fused-ring (bicyclic) bond motifs is 1. The molecule has 0 aliphatic carbocycles. The highest BCUT2D eigenvalue weighted by atomic mass is 19.1. The maximum Gasteiger partial charge on any atom is 0.408 e. The largest absolute Gasteiger partial charge is 0.445 e. The first-order chi connectivity index (χ1) is 14.9. The highest BCUT2D eigenvalue weighted by Crippen LogP contribution is 2.19. The lowest BCUT2D eigenvalue weighted by Gasteiger charge is -2.20. The predicted molar refractivity (Wildman–Crippen MR) is 113 cm³/mol. The van der Waals surface area contributed by atoms with Gasteiger partial charge in [0.1, 0.15) is 18.5 Å². The number of nitrogens with one attached hydrogen (secondary N) is 3. The summed E-state index contributed by atoms with van der Waals surface area (Å²) in [5.41, 5.74) is 1.65. The standard InChI is InChI=1S/C23H24FN3O4/c1-15-6-5-9-20(27-23(30)31-14-16-7-3-2-4-8-16)22(29)25-13-17-12-18(24)10-11-19(17)26-21(15)28/h2-8,10-12,15,20H,9,13-14H2,1H3,(H,25,29)(H,26,28)(H,27,30)/t15-,20+/m1/s1. The molecule has 8 heteroatoms. The molecular weight excluding hydrogens is 401 g/mol. The molecule has 162 valence electrons. The molecule has 1 aliphatic rings. The zero-order valence-corrected chi connectivity index (χ0v) is 17.1. The molecule has 7 nitrogen and oxygen atoms in total. The van der Waals surface area contributed by atoms with E-state index in [1.54, 1.807) is 19.1 Å². The van der Waals surface area contributed by atoms with Gasteiger partial charge in [-0.2, -0.15) is 0 Å². The third kappa shape index (κ3) is 6.40. The molecule has 2 aromatic carbocycles. The van der Waals surface area contributed by atoms with E-state index in [1.165, 1.54) is 18.2 Å². The van der Waals surface area contributed by atoms with Gasteiger partial charge in [-0.1, -0.05) is 49.4 Å². The fourth-order valence-electron chi connectivity index (χ4n) is 3.03. The summed E-state index contributed by atoms with van der Waals surface area (Å²) in [4.78, 5) is 37.3. The molecule has 0 aromatic heterocycles. The SMILES string of the molecule is C[C@@H]1C=CC[C@H](NC(=O)OCc2ccccc2)C(=O)NCc2cc(F)ccc2NC1=O. The fourth-order valence-corrected chi connectivity index (χ4v) is 3.03. The van der Waals surface area contributed by atoms with Gasteiger partial charge >= 0.3 is 6.09 Å². The fraction of sp³-hybridized carbons (Fsp3) is 0.261. The van der Waals surface area contributed by atoms with Crippen LogP contribution in [0.25, 0.3) is 0 Å². The Bertz CT molecular complexity index is 978. The zero-order valence-electron chi connectivity index (χ0n) is 17.1. The number of amides is 3. The van der Waals surface area contributed by atoms with Gasteiger partial charge in [0.25, 0.3) is 0 Å². The molecule has 0 spiro atoms. The average Bonchev–Trinajstić information content (AvgIpc) is 2.76. The van der Waals surface area contributed by atoms with Crippen LogP contribution in [0.4, 0.5) is 14.9 Å². The Hall–Kier alpha value is -3.68. The van der Waals surface area contributed by atoms with Crippen LogP contribution in [0, 0.1) is 11.7 Å². The van der Waals surface area contributed by atoms with Crippen LogP contribution in [-0.2, 0) is 27.5 Å². The smallest absolute Gasteiger partial charge is 0.408 e. The minimum atomic E-state index is -0.911. The highest BCUT2D eigenvalue weighted by molar-refractivity contribution is 5.94. The Labute approximate surface area is 179 Å². The molecular formula is C23H24FN3O4. The maximum absolute atomic E-state index is 13.7. The number of hydrogen-bond donors (Lipinski definition) is 3. The van der Waals surface area contributed by atoms with Gasteiger partial charge in [0.05, 0.1) is 5.92 Å². The molecule has 1 aliphatic heterocycles. The van der Waals surface area contributed by atoms with Crippen LogP contribution >= 0.6 is 0 Å². The van der Waals surface area contributed by atoms with Crippen molar-refractivity contribution in [3.05, 3.63) is 77.6 Å². The summed E-state index contributed by atoms with van der Waals surface area (Å²) >= 11 is 0. The Morgan fingerprint density at radius 1 is 1.16 bits per heavy atom. The van der Waals surface area contributed by atoms with Gasteiger partial charge in [-0.25, -0.2) is 9.18 Å². The monoisotopic (exact) mass is 425 g/mol. The van der Waals surface area contributed by atoms with Crippen LogP contribution < -0.4 is 16.0 Å². The molecule has 0 bridgehead atoms. The first-order valence-electron chi connectivity index (χ1n) is 9.93. The topological polar surface area (TPSA) is 96.5 Å².